The minimum Gasteiger partial charge on any atom is -0.550 e. The van der Waals surface area contributed by atoms with Crippen molar-refractivity contribution in [2.24, 2.45) is 17.8 Å². The Hall–Kier alpha value is -0.660. The summed E-state index contributed by atoms with van der Waals surface area (Å²) in [6.45, 7) is 2.18. The maximum absolute atomic E-state index is 13.1. The van der Waals surface area contributed by atoms with Gasteiger partial charge in [-0.3, -0.25) is 0 Å². The number of sulfonamides is 1. The van der Waals surface area contributed by atoms with Gasteiger partial charge in [-0.15, -0.1) is 0 Å². The number of allylic oxidation sites excluding steroid dienone is 2. The van der Waals surface area contributed by atoms with Crippen LogP contribution in [0.4, 0.5) is 0 Å². The number of hydrogen-bond donors (Lipinski definition) is 1. The van der Waals surface area contributed by atoms with Gasteiger partial charge in [0, 0.05) is 12.0 Å². The molecule has 0 saturated heterocycles. The predicted octanol–water partition coefficient (Wildman–Crippen LogP) is 0.983. The van der Waals surface area contributed by atoms with Crippen LogP contribution in [0.2, 0.25) is 0 Å². The third-order valence-corrected chi connectivity index (χ3v) is 8.48. The first-order valence-electron chi connectivity index (χ1n) is 11.9. The molecule has 5 nitrogen and oxygen atoms in total. The molecular weight excluding hydrogens is 433 g/mol. The van der Waals surface area contributed by atoms with Crippen molar-refractivity contribution in [1.82, 2.24) is 4.72 Å². The van der Waals surface area contributed by atoms with Crippen molar-refractivity contribution < 1.29 is 47.9 Å². The summed E-state index contributed by atoms with van der Waals surface area (Å²) in [5.74, 6) is 0.306. The number of rotatable bonds is 13. The van der Waals surface area contributed by atoms with Crippen molar-refractivity contribution >= 4 is 16.0 Å². The van der Waals surface area contributed by atoms with E-state index in [9.17, 15) is 18.3 Å². The Bertz CT molecular complexity index is 853. The van der Waals surface area contributed by atoms with Crippen LogP contribution in [0.15, 0.2) is 41.3 Å². The molecule has 2 saturated carbocycles. The first-order valence-corrected chi connectivity index (χ1v) is 13.3. The molecule has 2 fully saturated rings. The third kappa shape index (κ3) is 7.69. The number of carboxylic acids is 1. The molecule has 2 bridgehead atoms. The van der Waals surface area contributed by atoms with E-state index in [0.29, 0.717) is 29.1 Å². The third-order valence-electron chi connectivity index (χ3n) is 7.01. The summed E-state index contributed by atoms with van der Waals surface area (Å²) in [6, 6.07) is 7.35. The number of carbonyl (C=O) groups is 1. The number of benzene rings is 1. The zero-order valence-electron chi connectivity index (χ0n) is 19.6. The van der Waals surface area contributed by atoms with Crippen LogP contribution in [0.1, 0.15) is 76.7 Å². The maximum Gasteiger partial charge on any atom is 1.00 e. The van der Waals surface area contributed by atoms with Gasteiger partial charge >= 0.3 is 29.6 Å². The minimum atomic E-state index is -3.54. The molecular formula is C25H36NNaO4S. The van der Waals surface area contributed by atoms with E-state index in [0.717, 1.165) is 38.5 Å². The van der Waals surface area contributed by atoms with Gasteiger partial charge in [0.15, 0.2) is 0 Å². The fraction of sp³-hybridized carbons (Fsp3) is 0.640. The summed E-state index contributed by atoms with van der Waals surface area (Å²) in [7, 11) is -3.54. The van der Waals surface area contributed by atoms with Gasteiger partial charge < -0.3 is 9.90 Å². The molecule has 0 amide bonds. The predicted molar refractivity (Wildman–Crippen MR) is 121 cm³/mol. The van der Waals surface area contributed by atoms with E-state index in [2.05, 4.69) is 17.7 Å². The average molecular weight is 470 g/mol. The van der Waals surface area contributed by atoms with E-state index < -0.39 is 16.0 Å². The number of aliphatic carboxylic acids is 1. The molecule has 32 heavy (non-hydrogen) atoms. The largest absolute Gasteiger partial charge is 1.00 e. The summed E-state index contributed by atoms with van der Waals surface area (Å²) in [5.41, 5.74) is 1.19. The van der Waals surface area contributed by atoms with Crippen molar-refractivity contribution in [2.75, 3.05) is 0 Å². The Labute approximate surface area is 215 Å². The van der Waals surface area contributed by atoms with Crippen molar-refractivity contribution in [3.8, 4) is 0 Å². The van der Waals surface area contributed by atoms with Crippen LogP contribution in [0, 0.1) is 17.8 Å². The van der Waals surface area contributed by atoms with E-state index in [-0.39, 0.29) is 42.0 Å². The summed E-state index contributed by atoms with van der Waals surface area (Å²) in [6.07, 6.45) is 14.2. The first kappa shape index (κ1) is 27.6. The quantitative estimate of drug-likeness (QED) is 0.265. The van der Waals surface area contributed by atoms with E-state index in [1.165, 1.54) is 24.8 Å². The van der Waals surface area contributed by atoms with Crippen molar-refractivity contribution in [3.05, 3.63) is 42.0 Å². The first-order chi connectivity index (χ1) is 14.9. The number of unbranched alkanes of at least 4 members (excludes halogenated alkanes) is 3. The van der Waals surface area contributed by atoms with Gasteiger partial charge in [0.1, 0.15) is 0 Å². The van der Waals surface area contributed by atoms with Crippen molar-refractivity contribution in [3.63, 3.8) is 0 Å². The standard InChI is InChI=1S/C25H37NO4S.Na/c1-2-3-6-9-19-12-16-22(17-13-19)31(29,30)26-25-21-15-14-20(18-21)23(25)10-7-4-5-8-11-24(27)28;/h4,7,12-13,16-17,20-21,23,25-26H,2-3,5-6,8-11,14-15,18H2,1H3,(H,27,28);/q;+1/p-1/b7-4-;/t20-,21?,23+,25+;/m1./s1. The number of aryl methyl sites for hydroxylation is 1. The summed E-state index contributed by atoms with van der Waals surface area (Å²) in [5, 5.41) is 10.5. The maximum atomic E-state index is 13.1. The second-order valence-electron chi connectivity index (χ2n) is 9.22. The van der Waals surface area contributed by atoms with Crippen molar-refractivity contribution in [1.29, 1.82) is 0 Å². The molecule has 2 aliphatic carbocycles. The van der Waals surface area contributed by atoms with Gasteiger partial charge in [0.2, 0.25) is 10.0 Å². The SMILES string of the molecule is CCCCCc1ccc(S(=O)(=O)N[C@H]2C3CC[C@H](C3)[C@@H]2C/C=C\CCCC(=O)[O-])cc1.[Na+]. The fourth-order valence-electron chi connectivity index (χ4n) is 5.33. The van der Waals surface area contributed by atoms with E-state index in [1.54, 1.807) is 12.1 Å². The molecule has 172 valence electrons. The van der Waals surface area contributed by atoms with Gasteiger partial charge in [-0.05, 0) is 93.2 Å². The van der Waals surface area contributed by atoms with Crippen LogP contribution >= 0.6 is 0 Å². The topological polar surface area (TPSA) is 86.3 Å². The molecule has 0 aliphatic heterocycles. The molecule has 1 N–H and O–H groups in total. The van der Waals surface area contributed by atoms with Gasteiger partial charge in [-0.1, -0.05) is 44.1 Å². The Morgan fingerprint density at radius 2 is 1.81 bits per heavy atom. The van der Waals surface area contributed by atoms with Gasteiger partial charge in [-0.2, -0.15) is 0 Å². The van der Waals surface area contributed by atoms with Gasteiger partial charge in [0.05, 0.1) is 4.90 Å². The second-order valence-corrected chi connectivity index (χ2v) is 10.9. The molecule has 0 aromatic heterocycles. The van der Waals surface area contributed by atoms with Crippen LogP contribution in [-0.4, -0.2) is 20.4 Å². The van der Waals surface area contributed by atoms with Crippen LogP contribution in [0.5, 0.6) is 0 Å². The Kier molecular flexibility index (Phi) is 11.5. The summed E-state index contributed by atoms with van der Waals surface area (Å²) >= 11 is 0. The Balaban J connectivity index is 0.00000363. The van der Waals surface area contributed by atoms with Gasteiger partial charge in [0.25, 0.3) is 0 Å². The fourth-order valence-corrected chi connectivity index (χ4v) is 6.69. The number of nitrogens with one attached hydrogen (secondary N) is 1. The normalized spacial score (nSPS) is 24.7. The molecule has 7 heteroatoms. The van der Waals surface area contributed by atoms with E-state index in [4.69, 9.17) is 0 Å². The molecule has 0 spiro atoms. The van der Waals surface area contributed by atoms with Crippen LogP contribution in [0.3, 0.4) is 0 Å². The number of fused-ring (bicyclic) bond motifs is 2. The molecule has 1 unspecified atom stereocenters. The number of carbonyl (C=O) groups excluding carboxylic acids is 1. The molecule has 0 heterocycles. The molecule has 1 aromatic rings. The molecule has 0 radical (unpaired) electrons. The van der Waals surface area contributed by atoms with Gasteiger partial charge in [-0.25, -0.2) is 13.1 Å². The second kappa shape index (κ2) is 13.3. The molecule has 4 atom stereocenters. The Morgan fingerprint density at radius 1 is 1.09 bits per heavy atom. The van der Waals surface area contributed by atoms with E-state index >= 15 is 0 Å². The molecule has 2 aliphatic rings. The zero-order chi connectivity index (χ0) is 22.3. The summed E-state index contributed by atoms with van der Waals surface area (Å²) < 4.78 is 29.2. The smallest absolute Gasteiger partial charge is 0.550 e. The molecule has 1 aromatic carbocycles. The van der Waals surface area contributed by atoms with E-state index in [1.807, 2.05) is 18.2 Å². The average Bonchev–Trinajstić information content (AvgIpc) is 3.33. The van der Waals surface area contributed by atoms with Crippen molar-refractivity contribution in [2.45, 2.75) is 88.5 Å². The zero-order valence-corrected chi connectivity index (χ0v) is 22.4. The summed E-state index contributed by atoms with van der Waals surface area (Å²) in [4.78, 5) is 10.9. The number of carboxylic acid groups (broad SMARTS) is 1. The molecule has 3 rings (SSSR count). The van der Waals surface area contributed by atoms with Crippen LogP contribution in [0.25, 0.3) is 0 Å². The monoisotopic (exact) mass is 469 g/mol. The van der Waals surface area contributed by atoms with Crippen LogP contribution in [-0.2, 0) is 21.2 Å². The van der Waals surface area contributed by atoms with Crippen LogP contribution < -0.4 is 39.4 Å². The minimum absolute atomic E-state index is 0. The number of hydrogen-bond acceptors (Lipinski definition) is 4. The Morgan fingerprint density at radius 3 is 2.50 bits per heavy atom.